The predicted octanol–water partition coefficient (Wildman–Crippen LogP) is 2.12. The molecule has 0 spiro atoms. The minimum absolute atomic E-state index is 0.0000893. The van der Waals surface area contributed by atoms with E-state index < -0.39 is 0 Å². The molecule has 1 atom stereocenters. The number of carbonyl (C=O) groups is 2. The van der Waals surface area contributed by atoms with E-state index in [0.717, 1.165) is 25.8 Å². The summed E-state index contributed by atoms with van der Waals surface area (Å²) < 4.78 is 7.77. The smallest absolute Gasteiger partial charge is 0.290 e. The van der Waals surface area contributed by atoms with E-state index in [9.17, 15) is 9.59 Å². The van der Waals surface area contributed by atoms with Gasteiger partial charge in [-0.3, -0.25) is 19.1 Å². The number of aromatic nitrogens is 1. The number of fused-ring (bicyclic) bond motifs is 2. The largest absolute Gasteiger partial charge is 0.484 e. The fourth-order valence-electron chi connectivity index (χ4n) is 3.72. The fraction of sp³-hybridized carbons (Fsp3) is 0.632. The molecule has 2 aliphatic heterocycles. The second-order valence-electron chi connectivity index (χ2n) is 7.54. The van der Waals surface area contributed by atoms with Crippen LogP contribution >= 0.6 is 0 Å². The first-order valence-corrected chi connectivity index (χ1v) is 9.39. The van der Waals surface area contributed by atoms with Crippen LogP contribution in [-0.4, -0.2) is 45.9 Å². The lowest BCUT2D eigenvalue weighted by molar-refractivity contribution is -0.122. The molecule has 3 heterocycles. The van der Waals surface area contributed by atoms with Crippen LogP contribution in [0.15, 0.2) is 17.1 Å². The van der Waals surface area contributed by atoms with Gasteiger partial charge < -0.3 is 20.2 Å². The predicted molar refractivity (Wildman–Crippen MR) is 102 cm³/mol. The maximum Gasteiger partial charge on any atom is 0.290 e. The van der Waals surface area contributed by atoms with E-state index in [1.54, 1.807) is 10.9 Å². The molecule has 0 aromatic carbocycles. The van der Waals surface area contributed by atoms with Crippen LogP contribution in [0.25, 0.3) is 0 Å². The van der Waals surface area contributed by atoms with Gasteiger partial charge >= 0.3 is 0 Å². The summed E-state index contributed by atoms with van der Waals surface area (Å²) in [6, 6.07) is 1.47. The Bertz CT molecular complexity index is 721. The van der Waals surface area contributed by atoms with Crippen LogP contribution in [-0.2, 0) is 4.79 Å². The molecule has 0 saturated carbocycles. The second kappa shape index (κ2) is 8.92. The molecule has 1 saturated heterocycles. The lowest BCUT2D eigenvalue weighted by atomic mass is 9.96. The van der Waals surface area contributed by atoms with Crippen molar-refractivity contribution >= 4 is 12.4 Å². The molecule has 150 valence electrons. The van der Waals surface area contributed by atoms with Crippen LogP contribution < -0.4 is 15.6 Å². The highest BCUT2D eigenvalue weighted by atomic mass is 16.5. The molecule has 1 aromatic rings. The normalized spacial score (nSPS) is 18.4. The van der Waals surface area contributed by atoms with Crippen molar-refractivity contribution in [2.75, 3.05) is 12.0 Å². The molecule has 3 rings (SSSR count). The number of piperidine rings is 1. The van der Waals surface area contributed by atoms with Crippen molar-refractivity contribution in [3.8, 4) is 5.75 Å². The number of carbonyl (C=O) groups excluding carboxylic acids is 1. The number of hydrogen-bond donors (Lipinski definition) is 2. The summed E-state index contributed by atoms with van der Waals surface area (Å²) in [5, 5.41) is 6.89. The van der Waals surface area contributed by atoms with Crippen molar-refractivity contribution in [2.45, 2.75) is 59.2 Å². The van der Waals surface area contributed by atoms with E-state index in [1.807, 2.05) is 4.90 Å². The van der Waals surface area contributed by atoms with Gasteiger partial charge in [0, 0.05) is 18.8 Å². The number of amides is 1. The third-order valence-electron chi connectivity index (χ3n) is 4.88. The highest BCUT2D eigenvalue weighted by Crippen LogP contribution is 2.28. The van der Waals surface area contributed by atoms with Gasteiger partial charge in [-0.2, -0.15) is 0 Å². The Kier molecular flexibility index (Phi) is 6.87. The average Bonchev–Trinajstić information content (AvgIpc) is 2.61. The molecule has 1 fully saturated rings. The van der Waals surface area contributed by atoms with Crippen molar-refractivity contribution in [1.82, 2.24) is 9.58 Å². The third kappa shape index (κ3) is 4.43. The van der Waals surface area contributed by atoms with E-state index in [1.165, 1.54) is 6.07 Å². The molecule has 8 nitrogen and oxygen atoms in total. The Morgan fingerprint density at radius 1 is 1.22 bits per heavy atom. The van der Waals surface area contributed by atoms with Crippen LogP contribution in [0.2, 0.25) is 0 Å². The first kappa shape index (κ1) is 20.8. The Balaban J connectivity index is 0.000000817. The third-order valence-corrected chi connectivity index (χ3v) is 4.88. The minimum Gasteiger partial charge on any atom is -0.484 e. The van der Waals surface area contributed by atoms with Crippen LogP contribution in [0.5, 0.6) is 5.75 Å². The minimum atomic E-state index is -0.250. The lowest BCUT2D eigenvalue weighted by Crippen LogP contribution is -2.56. The molecular formula is C19H29N3O5. The number of ether oxygens (including phenoxy) is 1. The molecule has 0 radical (unpaired) electrons. The summed E-state index contributed by atoms with van der Waals surface area (Å²) >= 11 is 0. The van der Waals surface area contributed by atoms with E-state index >= 15 is 0 Å². The summed E-state index contributed by atoms with van der Waals surface area (Å²) in [7, 11) is 0. The number of hydrogen-bond acceptors (Lipinski definition) is 5. The van der Waals surface area contributed by atoms with Gasteiger partial charge in [0.1, 0.15) is 12.3 Å². The molecule has 0 unspecified atom stereocenters. The summed E-state index contributed by atoms with van der Waals surface area (Å²) in [4.78, 5) is 35.6. The van der Waals surface area contributed by atoms with Crippen LogP contribution in [0.3, 0.4) is 0 Å². The Morgan fingerprint density at radius 2 is 1.85 bits per heavy atom. The number of rotatable bonds is 4. The van der Waals surface area contributed by atoms with Crippen molar-refractivity contribution < 1.29 is 19.4 Å². The van der Waals surface area contributed by atoms with Crippen LogP contribution in [0.4, 0.5) is 0 Å². The standard InChI is InChI=1S/C18H27N3O3.CH2O2/c1-11(2)16(12(3)4)24-17-13(22)8-10-21-15(17)18(23)20-9-6-5-7-14(20)19-21;2-1-3/h8,10-12,14,16,19H,5-7,9H2,1-4H3;1H,(H,2,3)/t14-;/m0./s1. The van der Waals surface area contributed by atoms with E-state index in [4.69, 9.17) is 14.6 Å². The Labute approximate surface area is 159 Å². The number of carboxylic acid groups (broad SMARTS) is 1. The molecule has 2 N–H and O–H groups in total. The van der Waals surface area contributed by atoms with E-state index in [0.29, 0.717) is 5.69 Å². The Morgan fingerprint density at radius 3 is 2.44 bits per heavy atom. The molecule has 8 heteroatoms. The van der Waals surface area contributed by atoms with Gasteiger partial charge in [-0.15, -0.1) is 0 Å². The quantitative estimate of drug-likeness (QED) is 0.777. The van der Waals surface area contributed by atoms with Gasteiger partial charge in [0.25, 0.3) is 12.4 Å². The van der Waals surface area contributed by atoms with E-state index in [-0.39, 0.29) is 47.7 Å². The highest BCUT2D eigenvalue weighted by Gasteiger charge is 2.37. The summed E-state index contributed by atoms with van der Waals surface area (Å²) in [5.74, 6) is 0.558. The van der Waals surface area contributed by atoms with Crippen molar-refractivity contribution in [3.63, 3.8) is 0 Å². The van der Waals surface area contributed by atoms with Crippen molar-refractivity contribution in [1.29, 1.82) is 0 Å². The first-order chi connectivity index (χ1) is 12.8. The zero-order valence-corrected chi connectivity index (χ0v) is 16.3. The van der Waals surface area contributed by atoms with Gasteiger partial charge in [0.05, 0.1) is 0 Å². The molecule has 1 aromatic heterocycles. The first-order valence-electron chi connectivity index (χ1n) is 9.39. The average molecular weight is 379 g/mol. The highest BCUT2D eigenvalue weighted by molar-refractivity contribution is 5.96. The zero-order chi connectivity index (χ0) is 20.1. The molecule has 0 bridgehead atoms. The van der Waals surface area contributed by atoms with Gasteiger partial charge in [0.2, 0.25) is 5.43 Å². The second-order valence-corrected chi connectivity index (χ2v) is 7.54. The topological polar surface area (TPSA) is 101 Å². The molecule has 2 aliphatic rings. The van der Waals surface area contributed by atoms with Gasteiger partial charge in [-0.25, -0.2) is 0 Å². The molecule has 0 aliphatic carbocycles. The molecule has 1 amide bonds. The fourth-order valence-corrected chi connectivity index (χ4v) is 3.72. The van der Waals surface area contributed by atoms with Crippen LogP contribution in [0.1, 0.15) is 57.4 Å². The zero-order valence-electron chi connectivity index (χ0n) is 16.3. The monoisotopic (exact) mass is 379 g/mol. The van der Waals surface area contributed by atoms with Crippen molar-refractivity contribution in [2.24, 2.45) is 11.8 Å². The van der Waals surface area contributed by atoms with Gasteiger partial charge in [-0.1, -0.05) is 27.7 Å². The summed E-state index contributed by atoms with van der Waals surface area (Å²) in [6.45, 7) is 8.74. The van der Waals surface area contributed by atoms with Gasteiger partial charge in [-0.05, 0) is 31.1 Å². The summed E-state index contributed by atoms with van der Waals surface area (Å²) in [5.41, 5.74) is 3.42. The molecular weight excluding hydrogens is 350 g/mol. The Hall–Kier alpha value is -2.51. The van der Waals surface area contributed by atoms with E-state index in [2.05, 4.69) is 33.1 Å². The van der Waals surface area contributed by atoms with Crippen LogP contribution in [0, 0.1) is 11.8 Å². The molecule has 27 heavy (non-hydrogen) atoms. The SMILES string of the molecule is CC(C)C(Oc1c2n(ccc1=O)N[C@@H]1CCCCN1C2=O)C(C)C.O=CO. The maximum absolute atomic E-state index is 13.0. The maximum atomic E-state index is 13.0. The number of nitrogens with zero attached hydrogens (tertiary/aromatic N) is 2. The van der Waals surface area contributed by atoms with Crippen molar-refractivity contribution in [3.05, 3.63) is 28.2 Å². The lowest BCUT2D eigenvalue weighted by Gasteiger charge is -2.42. The summed E-state index contributed by atoms with van der Waals surface area (Å²) in [6.07, 6.45) is 4.54. The van der Waals surface area contributed by atoms with Gasteiger partial charge in [0.15, 0.2) is 11.4 Å². The number of nitrogens with one attached hydrogen (secondary N) is 1. The number of pyridine rings is 1.